The molecule has 0 aromatic heterocycles. The molecule has 1 aliphatic rings. The number of hydrogen-bond donors (Lipinski definition) is 2. The maximum absolute atomic E-state index is 10.4. The molecule has 0 bridgehead atoms. The number of nitrogens with two attached hydrogens (primary N) is 1. The van der Waals surface area contributed by atoms with E-state index in [0.717, 1.165) is 25.7 Å². The number of rotatable bonds is 3. The highest BCUT2D eigenvalue weighted by atomic mass is 16.3. The fourth-order valence-corrected chi connectivity index (χ4v) is 2.39. The summed E-state index contributed by atoms with van der Waals surface area (Å²) >= 11 is 0. The second-order valence-electron chi connectivity index (χ2n) is 4.78. The van der Waals surface area contributed by atoms with Crippen molar-refractivity contribution < 1.29 is 5.11 Å². The molecule has 4 atom stereocenters. The smallest absolute Gasteiger partial charge is 0.0691 e. The molecular formula is C11H23NO. The second kappa shape index (κ2) is 3.97. The van der Waals surface area contributed by atoms with Crippen molar-refractivity contribution in [1.29, 1.82) is 0 Å². The molecule has 0 spiro atoms. The van der Waals surface area contributed by atoms with Gasteiger partial charge in [-0.2, -0.15) is 0 Å². The first-order valence-electron chi connectivity index (χ1n) is 5.47. The lowest BCUT2D eigenvalue weighted by atomic mass is 9.78. The molecular weight excluding hydrogens is 162 g/mol. The summed E-state index contributed by atoms with van der Waals surface area (Å²) in [6.07, 6.45) is 3.80. The third-order valence-electron chi connectivity index (χ3n) is 3.91. The molecule has 0 aromatic carbocycles. The minimum Gasteiger partial charge on any atom is -0.390 e. The third kappa shape index (κ3) is 2.23. The average Bonchev–Trinajstić information content (AvgIpc) is 2.45. The van der Waals surface area contributed by atoms with E-state index in [1.54, 1.807) is 0 Å². The Balaban J connectivity index is 2.59. The second-order valence-corrected chi connectivity index (χ2v) is 4.78. The summed E-state index contributed by atoms with van der Waals surface area (Å²) in [6, 6.07) is 0.219. The fraction of sp³-hybridized carbons (Fsp3) is 1.00. The maximum Gasteiger partial charge on any atom is 0.0691 e. The summed E-state index contributed by atoms with van der Waals surface area (Å²) in [5, 5.41) is 10.4. The molecule has 1 aliphatic carbocycles. The number of hydrogen-bond acceptors (Lipinski definition) is 2. The predicted molar refractivity (Wildman–Crippen MR) is 55.4 cm³/mol. The van der Waals surface area contributed by atoms with Gasteiger partial charge in [-0.25, -0.2) is 0 Å². The van der Waals surface area contributed by atoms with Gasteiger partial charge in [-0.1, -0.05) is 27.2 Å². The van der Waals surface area contributed by atoms with Crippen LogP contribution in [0.2, 0.25) is 0 Å². The highest BCUT2D eigenvalue weighted by Crippen LogP contribution is 2.39. The Bertz CT molecular complexity index is 171. The maximum atomic E-state index is 10.4. The van der Waals surface area contributed by atoms with Crippen LogP contribution < -0.4 is 5.73 Å². The molecule has 0 aliphatic heterocycles. The molecule has 2 nitrogen and oxygen atoms in total. The first-order valence-corrected chi connectivity index (χ1v) is 5.47. The fourth-order valence-electron chi connectivity index (χ4n) is 2.39. The molecule has 0 aromatic rings. The van der Waals surface area contributed by atoms with Gasteiger partial charge in [0.2, 0.25) is 0 Å². The normalized spacial score (nSPS) is 39.0. The molecule has 0 amide bonds. The molecule has 4 unspecified atom stereocenters. The summed E-state index contributed by atoms with van der Waals surface area (Å²) in [7, 11) is 0. The van der Waals surface area contributed by atoms with Gasteiger partial charge in [-0.15, -0.1) is 0 Å². The lowest BCUT2D eigenvalue weighted by Gasteiger charge is -2.34. The lowest BCUT2D eigenvalue weighted by molar-refractivity contribution is -0.0275. The minimum absolute atomic E-state index is 0.219. The molecule has 1 rings (SSSR count). The zero-order chi connectivity index (χ0) is 10.1. The van der Waals surface area contributed by atoms with Crippen molar-refractivity contribution in [1.82, 2.24) is 0 Å². The van der Waals surface area contributed by atoms with Crippen LogP contribution in [0.1, 0.15) is 46.5 Å². The Labute approximate surface area is 81.5 Å². The van der Waals surface area contributed by atoms with E-state index in [9.17, 15) is 5.11 Å². The Morgan fingerprint density at radius 3 is 2.54 bits per heavy atom. The zero-order valence-electron chi connectivity index (χ0n) is 9.09. The minimum atomic E-state index is -0.477. The number of aliphatic hydroxyl groups is 1. The van der Waals surface area contributed by atoms with Crippen LogP contribution in [0.5, 0.6) is 0 Å². The Hall–Kier alpha value is -0.0800. The van der Waals surface area contributed by atoms with Crippen molar-refractivity contribution in [3.05, 3.63) is 0 Å². The summed E-state index contributed by atoms with van der Waals surface area (Å²) in [4.78, 5) is 0. The summed E-state index contributed by atoms with van der Waals surface area (Å²) in [5.41, 5.74) is 5.35. The Morgan fingerprint density at radius 1 is 1.54 bits per heavy atom. The molecule has 2 heteroatoms. The van der Waals surface area contributed by atoms with Crippen molar-refractivity contribution in [3.63, 3.8) is 0 Å². The SMILES string of the molecule is CCC(C)C(C)C1(O)CCC(N)C1. The van der Waals surface area contributed by atoms with E-state index in [-0.39, 0.29) is 6.04 Å². The molecule has 3 N–H and O–H groups in total. The zero-order valence-corrected chi connectivity index (χ0v) is 9.09. The third-order valence-corrected chi connectivity index (χ3v) is 3.91. The van der Waals surface area contributed by atoms with Crippen molar-refractivity contribution in [2.45, 2.75) is 58.1 Å². The van der Waals surface area contributed by atoms with Crippen molar-refractivity contribution in [2.24, 2.45) is 17.6 Å². The quantitative estimate of drug-likeness (QED) is 0.705. The predicted octanol–water partition coefficient (Wildman–Crippen LogP) is 1.91. The van der Waals surface area contributed by atoms with E-state index in [1.165, 1.54) is 0 Å². The van der Waals surface area contributed by atoms with Crippen LogP contribution in [-0.4, -0.2) is 16.7 Å². The average molecular weight is 185 g/mol. The van der Waals surface area contributed by atoms with E-state index in [0.29, 0.717) is 11.8 Å². The van der Waals surface area contributed by atoms with Gasteiger partial charge >= 0.3 is 0 Å². The molecule has 13 heavy (non-hydrogen) atoms. The lowest BCUT2D eigenvalue weighted by Crippen LogP contribution is -2.38. The van der Waals surface area contributed by atoms with E-state index < -0.39 is 5.60 Å². The van der Waals surface area contributed by atoms with E-state index in [1.807, 2.05) is 0 Å². The molecule has 78 valence electrons. The molecule has 1 saturated carbocycles. The van der Waals surface area contributed by atoms with E-state index >= 15 is 0 Å². The van der Waals surface area contributed by atoms with Crippen LogP contribution in [0.25, 0.3) is 0 Å². The Morgan fingerprint density at radius 2 is 2.15 bits per heavy atom. The summed E-state index contributed by atoms with van der Waals surface area (Å²) in [5.74, 6) is 0.973. The molecule has 0 radical (unpaired) electrons. The van der Waals surface area contributed by atoms with Gasteiger partial charge in [0.05, 0.1) is 5.60 Å². The van der Waals surface area contributed by atoms with Gasteiger partial charge in [0.15, 0.2) is 0 Å². The largest absolute Gasteiger partial charge is 0.390 e. The van der Waals surface area contributed by atoms with Crippen molar-refractivity contribution in [3.8, 4) is 0 Å². The van der Waals surface area contributed by atoms with Crippen LogP contribution in [0.3, 0.4) is 0 Å². The van der Waals surface area contributed by atoms with Crippen LogP contribution in [0.4, 0.5) is 0 Å². The van der Waals surface area contributed by atoms with Gasteiger partial charge in [0.25, 0.3) is 0 Å². The first-order chi connectivity index (χ1) is 5.99. The topological polar surface area (TPSA) is 46.2 Å². The van der Waals surface area contributed by atoms with Gasteiger partial charge < -0.3 is 10.8 Å². The van der Waals surface area contributed by atoms with Crippen LogP contribution in [-0.2, 0) is 0 Å². The van der Waals surface area contributed by atoms with Gasteiger partial charge in [0.1, 0.15) is 0 Å². The summed E-state index contributed by atoms with van der Waals surface area (Å²) in [6.45, 7) is 6.55. The van der Waals surface area contributed by atoms with Gasteiger partial charge in [-0.05, 0) is 31.1 Å². The van der Waals surface area contributed by atoms with Crippen LogP contribution in [0, 0.1) is 11.8 Å². The highest BCUT2D eigenvalue weighted by Gasteiger charge is 2.41. The molecule has 0 saturated heterocycles. The summed E-state index contributed by atoms with van der Waals surface area (Å²) < 4.78 is 0. The van der Waals surface area contributed by atoms with Gasteiger partial charge in [-0.3, -0.25) is 0 Å². The highest BCUT2D eigenvalue weighted by molar-refractivity contribution is 4.95. The van der Waals surface area contributed by atoms with Crippen molar-refractivity contribution in [2.75, 3.05) is 0 Å². The van der Waals surface area contributed by atoms with E-state index in [2.05, 4.69) is 20.8 Å². The first kappa shape index (κ1) is 11.0. The van der Waals surface area contributed by atoms with Crippen LogP contribution in [0.15, 0.2) is 0 Å². The van der Waals surface area contributed by atoms with E-state index in [4.69, 9.17) is 5.73 Å². The van der Waals surface area contributed by atoms with Crippen molar-refractivity contribution >= 4 is 0 Å². The Kier molecular flexibility index (Phi) is 3.36. The molecule has 1 fully saturated rings. The van der Waals surface area contributed by atoms with Crippen LogP contribution >= 0.6 is 0 Å². The molecule has 0 heterocycles. The monoisotopic (exact) mass is 185 g/mol. The standard InChI is InChI=1S/C11H23NO/c1-4-8(2)9(3)11(13)6-5-10(12)7-11/h8-10,13H,4-7,12H2,1-3H3. The van der Waals surface area contributed by atoms with Gasteiger partial charge in [0, 0.05) is 6.04 Å².